The molecule has 0 bridgehead atoms. The van der Waals surface area contributed by atoms with Crippen molar-refractivity contribution in [3.8, 4) is 5.75 Å². The van der Waals surface area contributed by atoms with Crippen LogP contribution in [0.25, 0.3) is 0 Å². The predicted molar refractivity (Wildman–Crippen MR) is 107 cm³/mol. The number of carbonyl (C=O) groups excluding carboxylic acids is 2. The zero-order valence-electron chi connectivity index (χ0n) is 13.8. The molecule has 0 aliphatic rings. The Balaban J connectivity index is 1.79. The molecule has 0 aliphatic carbocycles. The highest BCUT2D eigenvalue weighted by atomic mass is 127. The lowest BCUT2D eigenvalue weighted by atomic mass is 10.2. The zero-order valence-corrected chi connectivity index (χ0v) is 15.9. The molecule has 0 unspecified atom stereocenters. The minimum Gasteiger partial charge on any atom is -0.495 e. The van der Waals surface area contributed by atoms with E-state index in [-0.39, 0.29) is 11.7 Å². The highest BCUT2D eigenvalue weighted by Crippen LogP contribution is 2.28. The Bertz CT molecular complexity index is 921. The third kappa shape index (κ3) is 4.23. The van der Waals surface area contributed by atoms with Gasteiger partial charge in [-0.25, -0.2) is 0 Å². The summed E-state index contributed by atoms with van der Waals surface area (Å²) in [5.41, 5.74) is 1.50. The van der Waals surface area contributed by atoms with Crippen molar-refractivity contribution in [2.75, 3.05) is 17.7 Å². The van der Waals surface area contributed by atoms with Crippen molar-refractivity contribution in [3.63, 3.8) is 0 Å². The molecule has 1 heterocycles. The standard InChI is InChI=1S/C19H15IN2O4/c1-25-16-9-8-14(21-18(23)12-4-6-13(20)7-5-12)11-15(16)22-19(24)17-3-2-10-26-17/h2-11H,1H3,(H,21,23)(H,22,24). The van der Waals surface area contributed by atoms with Crippen LogP contribution in [0.4, 0.5) is 11.4 Å². The molecule has 26 heavy (non-hydrogen) atoms. The maximum Gasteiger partial charge on any atom is 0.291 e. The fourth-order valence-corrected chi connectivity index (χ4v) is 2.64. The molecule has 2 N–H and O–H groups in total. The second kappa shape index (κ2) is 8.05. The molecule has 0 aliphatic heterocycles. The Morgan fingerprint density at radius 1 is 1.00 bits per heavy atom. The molecule has 2 aromatic carbocycles. The largest absolute Gasteiger partial charge is 0.495 e. The average molecular weight is 462 g/mol. The minimum absolute atomic E-state index is 0.181. The number of hydrogen-bond acceptors (Lipinski definition) is 4. The lowest BCUT2D eigenvalue weighted by Crippen LogP contribution is -2.14. The van der Waals surface area contributed by atoms with Crippen molar-refractivity contribution in [2.24, 2.45) is 0 Å². The lowest BCUT2D eigenvalue weighted by molar-refractivity contribution is 0.0994. The first-order valence-electron chi connectivity index (χ1n) is 7.66. The molecule has 1 aromatic heterocycles. The van der Waals surface area contributed by atoms with E-state index in [4.69, 9.17) is 9.15 Å². The monoisotopic (exact) mass is 462 g/mol. The molecule has 0 atom stereocenters. The number of carbonyl (C=O) groups is 2. The van der Waals surface area contributed by atoms with Crippen LogP contribution in [0.1, 0.15) is 20.9 Å². The molecule has 6 nitrogen and oxygen atoms in total. The summed E-state index contributed by atoms with van der Waals surface area (Å²) in [6.45, 7) is 0. The molecule has 3 rings (SSSR count). The summed E-state index contributed by atoms with van der Waals surface area (Å²) in [5.74, 6) is 0.00170. The fraction of sp³-hybridized carbons (Fsp3) is 0.0526. The molecule has 0 radical (unpaired) electrons. The molecule has 0 fully saturated rings. The van der Waals surface area contributed by atoms with Gasteiger partial charge < -0.3 is 19.8 Å². The summed E-state index contributed by atoms with van der Waals surface area (Å²) in [7, 11) is 1.50. The van der Waals surface area contributed by atoms with Gasteiger partial charge in [-0.15, -0.1) is 0 Å². The molecular formula is C19H15IN2O4. The third-order valence-electron chi connectivity index (χ3n) is 3.56. The third-order valence-corrected chi connectivity index (χ3v) is 4.28. The van der Waals surface area contributed by atoms with Crippen LogP contribution >= 0.6 is 22.6 Å². The number of methoxy groups -OCH3 is 1. The predicted octanol–water partition coefficient (Wildman–Crippen LogP) is 4.40. The Labute approximate surface area is 163 Å². The normalized spacial score (nSPS) is 10.2. The van der Waals surface area contributed by atoms with Crippen LogP contribution in [-0.2, 0) is 0 Å². The molecule has 132 valence electrons. The first-order chi connectivity index (χ1) is 12.6. The Morgan fingerprint density at radius 2 is 1.77 bits per heavy atom. The van der Waals surface area contributed by atoms with Crippen molar-refractivity contribution >= 4 is 45.8 Å². The van der Waals surface area contributed by atoms with Crippen molar-refractivity contribution < 1.29 is 18.7 Å². The van der Waals surface area contributed by atoms with Gasteiger partial charge in [-0.2, -0.15) is 0 Å². The highest BCUT2D eigenvalue weighted by molar-refractivity contribution is 14.1. The van der Waals surface area contributed by atoms with E-state index in [0.717, 1.165) is 3.57 Å². The van der Waals surface area contributed by atoms with Gasteiger partial charge >= 0.3 is 0 Å². The van der Waals surface area contributed by atoms with Gasteiger partial charge in [-0.3, -0.25) is 9.59 Å². The number of ether oxygens (including phenoxy) is 1. The number of anilines is 2. The zero-order chi connectivity index (χ0) is 18.5. The summed E-state index contributed by atoms with van der Waals surface area (Å²) >= 11 is 2.18. The van der Waals surface area contributed by atoms with Crippen LogP contribution in [0.2, 0.25) is 0 Å². The van der Waals surface area contributed by atoms with Gasteiger partial charge in [-0.05, 0) is 77.2 Å². The molecule has 3 aromatic rings. The average Bonchev–Trinajstić information content (AvgIpc) is 3.17. The molecule has 0 saturated heterocycles. The first-order valence-corrected chi connectivity index (χ1v) is 8.74. The number of nitrogens with one attached hydrogen (secondary N) is 2. The van der Waals surface area contributed by atoms with Gasteiger partial charge in [0.05, 0.1) is 19.1 Å². The number of halogens is 1. The van der Waals surface area contributed by atoms with E-state index in [9.17, 15) is 9.59 Å². The molecule has 7 heteroatoms. The van der Waals surface area contributed by atoms with E-state index in [1.807, 2.05) is 12.1 Å². The quantitative estimate of drug-likeness (QED) is 0.551. The van der Waals surface area contributed by atoms with Crippen molar-refractivity contribution in [1.82, 2.24) is 0 Å². The van der Waals surface area contributed by atoms with E-state index < -0.39 is 5.91 Å². The van der Waals surface area contributed by atoms with E-state index in [1.165, 1.54) is 13.4 Å². The first kappa shape index (κ1) is 18.0. The maximum atomic E-state index is 12.4. The van der Waals surface area contributed by atoms with Gasteiger partial charge in [0.1, 0.15) is 5.75 Å². The van der Waals surface area contributed by atoms with Crippen LogP contribution in [0.5, 0.6) is 5.75 Å². The van der Waals surface area contributed by atoms with E-state index in [1.54, 1.807) is 42.5 Å². The molecule has 2 amide bonds. The number of amides is 2. The van der Waals surface area contributed by atoms with Gasteiger partial charge in [0.15, 0.2) is 5.76 Å². The van der Waals surface area contributed by atoms with E-state index >= 15 is 0 Å². The summed E-state index contributed by atoms with van der Waals surface area (Å²) in [6.07, 6.45) is 1.42. The van der Waals surface area contributed by atoms with Crippen molar-refractivity contribution in [3.05, 3.63) is 75.8 Å². The number of hydrogen-bond donors (Lipinski definition) is 2. The Hall–Kier alpha value is -2.81. The summed E-state index contributed by atoms with van der Waals surface area (Å²) in [4.78, 5) is 24.5. The van der Waals surface area contributed by atoms with Crippen LogP contribution in [0, 0.1) is 3.57 Å². The van der Waals surface area contributed by atoms with Gasteiger partial charge in [0.25, 0.3) is 11.8 Å². The van der Waals surface area contributed by atoms with E-state index in [2.05, 4.69) is 33.2 Å². The molecule has 0 saturated carbocycles. The van der Waals surface area contributed by atoms with E-state index in [0.29, 0.717) is 22.7 Å². The summed E-state index contributed by atoms with van der Waals surface area (Å²) in [6, 6.07) is 15.4. The second-order valence-corrected chi connectivity index (χ2v) is 6.55. The Kier molecular flexibility index (Phi) is 5.57. The van der Waals surface area contributed by atoms with Gasteiger partial charge in [0.2, 0.25) is 0 Å². The lowest BCUT2D eigenvalue weighted by Gasteiger charge is -2.12. The number of rotatable bonds is 5. The van der Waals surface area contributed by atoms with Gasteiger partial charge in [0, 0.05) is 14.8 Å². The number of furan rings is 1. The van der Waals surface area contributed by atoms with Crippen molar-refractivity contribution in [2.45, 2.75) is 0 Å². The minimum atomic E-state index is -0.408. The maximum absolute atomic E-state index is 12.4. The summed E-state index contributed by atoms with van der Waals surface area (Å²) in [5, 5.41) is 5.52. The smallest absolute Gasteiger partial charge is 0.291 e. The van der Waals surface area contributed by atoms with Crippen molar-refractivity contribution in [1.29, 1.82) is 0 Å². The van der Waals surface area contributed by atoms with Crippen LogP contribution in [0.15, 0.2) is 65.3 Å². The van der Waals surface area contributed by atoms with Crippen LogP contribution in [-0.4, -0.2) is 18.9 Å². The fourth-order valence-electron chi connectivity index (χ4n) is 2.28. The number of benzene rings is 2. The molecule has 0 spiro atoms. The van der Waals surface area contributed by atoms with Gasteiger partial charge in [-0.1, -0.05) is 0 Å². The van der Waals surface area contributed by atoms with Crippen LogP contribution in [0.3, 0.4) is 0 Å². The molecular weight excluding hydrogens is 447 g/mol. The second-order valence-electron chi connectivity index (χ2n) is 5.31. The summed E-state index contributed by atoms with van der Waals surface area (Å²) < 4.78 is 11.4. The Morgan fingerprint density at radius 3 is 2.42 bits per heavy atom. The van der Waals surface area contributed by atoms with Crippen LogP contribution < -0.4 is 15.4 Å². The SMILES string of the molecule is COc1ccc(NC(=O)c2ccc(I)cc2)cc1NC(=O)c1ccco1. The topological polar surface area (TPSA) is 80.6 Å². The highest BCUT2D eigenvalue weighted by Gasteiger charge is 2.14.